The Balaban J connectivity index is 0.000000165. The molecule has 3 aromatic heterocycles. The lowest BCUT2D eigenvalue weighted by atomic mass is 10.0. The monoisotopic (exact) mass is 778 g/mol. The van der Waals surface area contributed by atoms with Crippen LogP contribution in [-0.4, -0.2) is 38.1 Å². The van der Waals surface area contributed by atoms with E-state index in [4.69, 9.17) is 16.9 Å². The largest absolute Gasteiger partial charge is 0.586 e. The number of aromatic nitrogens is 3. The van der Waals surface area contributed by atoms with Crippen LogP contribution < -0.4 is 18.9 Å². The standard InChI is InChI=1S/C21H14FN3O2S.C14H8ClF2N3O4S/c22-18-10-14(12-23)6-9-19(18)25-28(26,27)21-13-24-20-11-16(7-8-17(20)21)15-4-2-1-3-5-15;15-11-5-4-7-10(6-18-13(7)19-11)25(21,22)20-8-2-1-3-9-12(8)24-14(16,17)23-9/h1-11,13,24-25H;1-6,20H,(H,18,19). The van der Waals surface area contributed by atoms with Crippen molar-refractivity contribution in [3.8, 4) is 28.7 Å². The minimum Gasteiger partial charge on any atom is -0.395 e. The van der Waals surface area contributed by atoms with Gasteiger partial charge in [-0.25, -0.2) is 26.2 Å². The smallest absolute Gasteiger partial charge is 0.395 e. The number of hydrogen-bond acceptors (Lipinski definition) is 8. The minimum atomic E-state index is -4.11. The fourth-order valence-electron chi connectivity index (χ4n) is 5.43. The van der Waals surface area contributed by atoms with E-state index in [1.165, 1.54) is 54.9 Å². The first-order valence-electron chi connectivity index (χ1n) is 15.2. The summed E-state index contributed by atoms with van der Waals surface area (Å²) >= 11 is 5.77. The van der Waals surface area contributed by atoms with E-state index in [1.807, 2.05) is 42.5 Å². The molecule has 1 aliphatic heterocycles. The zero-order valence-corrected chi connectivity index (χ0v) is 29.0. The van der Waals surface area contributed by atoms with Crippen LogP contribution >= 0.6 is 11.6 Å². The topological polar surface area (TPSA) is 179 Å². The number of nitriles is 1. The molecule has 0 fully saturated rings. The van der Waals surface area contributed by atoms with Crippen LogP contribution in [0.5, 0.6) is 11.5 Å². The number of H-pyrrole nitrogens is 2. The van der Waals surface area contributed by atoms with Gasteiger partial charge in [-0.1, -0.05) is 60.1 Å². The molecule has 1 aliphatic rings. The zero-order chi connectivity index (χ0) is 37.5. The fraction of sp³-hybridized carbons (Fsp3) is 0.0286. The molecule has 53 heavy (non-hydrogen) atoms. The number of pyridine rings is 1. The molecule has 0 aliphatic carbocycles. The Bertz CT molecular complexity index is 2810. The number of sulfonamides is 2. The number of benzene rings is 4. The van der Waals surface area contributed by atoms with E-state index >= 15 is 0 Å². The summed E-state index contributed by atoms with van der Waals surface area (Å²) in [5.74, 6) is -1.47. The normalized spacial score (nSPS) is 13.3. The van der Waals surface area contributed by atoms with E-state index < -0.39 is 37.9 Å². The van der Waals surface area contributed by atoms with Gasteiger partial charge >= 0.3 is 6.29 Å². The van der Waals surface area contributed by atoms with E-state index in [2.05, 4.69) is 33.9 Å². The number of nitrogens with one attached hydrogen (secondary N) is 4. The highest BCUT2D eigenvalue weighted by Gasteiger charge is 2.45. The van der Waals surface area contributed by atoms with Crippen molar-refractivity contribution in [3.05, 3.63) is 126 Å². The number of rotatable bonds is 7. The van der Waals surface area contributed by atoms with Crippen molar-refractivity contribution in [2.24, 2.45) is 0 Å². The fourth-order valence-corrected chi connectivity index (χ4v) is 8.05. The number of hydrogen-bond donors (Lipinski definition) is 4. The van der Waals surface area contributed by atoms with Crippen molar-refractivity contribution >= 4 is 65.0 Å². The first kappa shape index (κ1) is 35.2. The Kier molecular flexibility index (Phi) is 8.90. The summed E-state index contributed by atoms with van der Waals surface area (Å²) in [4.78, 5) is 9.53. The maximum atomic E-state index is 14.1. The van der Waals surface area contributed by atoms with Crippen LogP contribution in [0, 0.1) is 17.1 Å². The number of anilines is 2. The Hall–Kier alpha value is -6.22. The SMILES string of the molecule is N#Cc1ccc(NS(=O)(=O)c2c[nH]c3cc(-c4ccccc4)ccc23)c(F)c1.O=S(=O)(Nc1cccc2c1OC(F)(F)O2)c1c[nH]c2nc(Cl)ccc12. The molecule has 0 unspecified atom stereocenters. The number of nitrogens with zero attached hydrogens (tertiary/aromatic N) is 2. The summed E-state index contributed by atoms with van der Waals surface area (Å²) in [5, 5.41) is 9.79. The van der Waals surface area contributed by atoms with Gasteiger partial charge in [-0.3, -0.25) is 9.44 Å². The van der Waals surface area contributed by atoms with Crippen molar-refractivity contribution in [1.82, 2.24) is 15.0 Å². The second-order valence-electron chi connectivity index (χ2n) is 11.3. The number of para-hydroxylation sites is 1. The molecule has 0 saturated carbocycles. The molecule has 18 heteroatoms. The molecule has 0 atom stereocenters. The highest BCUT2D eigenvalue weighted by Crippen LogP contribution is 2.46. The molecule has 7 aromatic rings. The molecule has 0 radical (unpaired) electrons. The third-order valence-electron chi connectivity index (χ3n) is 7.81. The van der Waals surface area contributed by atoms with Crippen molar-refractivity contribution in [3.63, 3.8) is 0 Å². The lowest BCUT2D eigenvalue weighted by molar-refractivity contribution is -0.286. The van der Waals surface area contributed by atoms with E-state index in [9.17, 15) is 30.0 Å². The molecule has 4 N–H and O–H groups in total. The van der Waals surface area contributed by atoms with Gasteiger partial charge in [0.1, 0.15) is 26.4 Å². The summed E-state index contributed by atoms with van der Waals surface area (Å²) in [6.45, 7) is 0. The molecular weight excluding hydrogens is 757 g/mol. The molecule has 0 bridgehead atoms. The Morgan fingerprint density at radius 1 is 0.755 bits per heavy atom. The second-order valence-corrected chi connectivity index (χ2v) is 15.0. The van der Waals surface area contributed by atoms with E-state index in [0.29, 0.717) is 16.3 Å². The van der Waals surface area contributed by atoms with Crippen LogP contribution in [0.15, 0.2) is 119 Å². The molecule has 4 aromatic carbocycles. The maximum Gasteiger partial charge on any atom is 0.586 e. The molecule has 12 nitrogen and oxygen atoms in total. The Labute approximate surface area is 303 Å². The van der Waals surface area contributed by atoms with Crippen molar-refractivity contribution < 1.29 is 39.5 Å². The van der Waals surface area contributed by atoms with Crippen molar-refractivity contribution in [2.45, 2.75) is 16.1 Å². The van der Waals surface area contributed by atoms with Gasteiger partial charge in [0.2, 0.25) is 0 Å². The highest BCUT2D eigenvalue weighted by molar-refractivity contribution is 7.93. The summed E-state index contributed by atoms with van der Waals surface area (Å²) in [6.07, 6.45) is -1.25. The van der Waals surface area contributed by atoms with Gasteiger partial charge in [0.05, 0.1) is 23.0 Å². The quantitative estimate of drug-likeness (QED) is 0.118. The molecule has 268 valence electrons. The molecule has 0 spiro atoms. The summed E-state index contributed by atoms with van der Waals surface area (Å²) in [7, 11) is -8.13. The first-order chi connectivity index (χ1) is 25.2. The van der Waals surface area contributed by atoms with Crippen LogP contribution in [-0.2, 0) is 20.0 Å². The summed E-state index contributed by atoms with van der Waals surface area (Å²) in [6, 6.07) is 27.3. The van der Waals surface area contributed by atoms with Crippen LogP contribution in [0.2, 0.25) is 5.15 Å². The summed E-state index contributed by atoms with van der Waals surface area (Å²) in [5.41, 5.74) is 2.62. The van der Waals surface area contributed by atoms with E-state index in [0.717, 1.165) is 17.2 Å². The average Bonchev–Trinajstić information content (AvgIpc) is 3.84. The third kappa shape index (κ3) is 7.15. The Morgan fingerprint density at radius 3 is 2.19 bits per heavy atom. The first-order valence-corrected chi connectivity index (χ1v) is 18.5. The van der Waals surface area contributed by atoms with Crippen molar-refractivity contribution in [2.75, 3.05) is 9.44 Å². The molecule has 8 rings (SSSR count). The van der Waals surface area contributed by atoms with E-state index in [1.54, 1.807) is 12.1 Å². The summed E-state index contributed by atoms with van der Waals surface area (Å²) < 4.78 is 105. The molecule has 4 heterocycles. The number of halogens is 4. The number of ether oxygens (including phenoxy) is 2. The van der Waals surface area contributed by atoms with Gasteiger partial charge in [0, 0.05) is 28.7 Å². The lowest BCUT2D eigenvalue weighted by Gasteiger charge is -2.10. The van der Waals surface area contributed by atoms with Crippen LogP contribution in [0.25, 0.3) is 33.1 Å². The maximum absolute atomic E-state index is 14.1. The molecule has 0 amide bonds. The average molecular weight is 779 g/mol. The van der Waals surface area contributed by atoms with Crippen LogP contribution in [0.1, 0.15) is 5.56 Å². The number of fused-ring (bicyclic) bond motifs is 3. The lowest BCUT2D eigenvalue weighted by Crippen LogP contribution is -2.26. The predicted molar refractivity (Wildman–Crippen MR) is 190 cm³/mol. The third-order valence-corrected chi connectivity index (χ3v) is 10.8. The number of aromatic amines is 2. The van der Waals surface area contributed by atoms with Gasteiger partial charge in [-0.05, 0) is 59.7 Å². The zero-order valence-electron chi connectivity index (χ0n) is 26.6. The highest BCUT2D eigenvalue weighted by atomic mass is 35.5. The van der Waals surface area contributed by atoms with Crippen molar-refractivity contribution in [1.29, 1.82) is 5.26 Å². The minimum absolute atomic E-state index is 0.0193. The number of alkyl halides is 2. The molecular formula is C35H22ClF3N6O6S2. The second kappa shape index (κ2) is 13.4. The van der Waals surface area contributed by atoms with Gasteiger partial charge in [0.15, 0.2) is 11.5 Å². The Morgan fingerprint density at radius 2 is 1.45 bits per heavy atom. The van der Waals surface area contributed by atoms with Crippen LogP contribution in [0.4, 0.5) is 24.5 Å². The van der Waals surface area contributed by atoms with Gasteiger partial charge in [0.25, 0.3) is 20.0 Å². The van der Waals surface area contributed by atoms with Gasteiger partial charge in [-0.2, -0.15) is 5.26 Å². The predicted octanol–water partition coefficient (Wildman–Crippen LogP) is 7.99. The van der Waals surface area contributed by atoms with E-state index in [-0.39, 0.29) is 43.3 Å². The van der Waals surface area contributed by atoms with Crippen LogP contribution in [0.3, 0.4) is 0 Å². The van der Waals surface area contributed by atoms with Gasteiger partial charge < -0.3 is 19.4 Å². The van der Waals surface area contributed by atoms with Gasteiger partial charge in [-0.15, -0.1) is 8.78 Å². The molecule has 0 saturated heterocycles.